The van der Waals surface area contributed by atoms with Gasteiger partial charge in [-0.15, -0.1) is 0 Å². The van der Waals surface area contributed by atoms with Gasteiger partial charge in [-0.25, -0.2) is 0 Å². The van der Waals surface area contributed by atoms with Gasteiger partial charge in [0.05, 0.1) is 18.8 Å². The Kier molecular flexibility index (Phi) is 5.27. The monoisotopic (exact) mass is 269 g/mol. The highest BCUT2D eigenvalue weighted by atomic mass is 16.6. The van der Waals surface area contributed by atoms with Crippen molar-refractivity contribution in [2.24, 2.45) is 11.8 Å². The molecule has 0 bridgehead atoms. The minimum absolute atomic E-state index is 0.0596. The Bertz CT molecular complexity index is 266. The minimum atomic E-state index is 0.0596. The first kappa shape index (κ1) is 15.3. The molecule has 2 rings (SSSR count). The van der Waals surface area contributed by atoms with Crippen molar-refractivity contribution >= 4 is 0 Å². The summed E-state index contributed by atoms with van der Waals surface area (Å²) >= 11 is 0. The third kappa shape index (κ3) is 4.17. The largest absolute Gasteiger partial charge is 0.376 e. The van der Waals surface area contributed by atoms with Crippen LogP contribution in [-0.2, 0) is 9.47 Å². The van der Waals surface area contributed by atoms with Crippen LogP contribution < -0.4 is 5.32 Å². The highest BCUT2D eigenvalue weighted by Crippen LogP contribution is 2.39. The first-order valence-electron chi connectivity index (χ1n) is 8.00. The van der Waals surface area contributed by atoms with E-state index >= 15 is 0 Å². The molecule has 0 spiro atoms. The summed E-state index contributed by atoms with van der Waals surface area (Å²) in [5.41, 5.74) is 0.0596. The van der Waals surface area contributed by atoms with Crippen molar-refractivity contribution in [2.75, 3.05) is 19.8 Å². The quantitative estimate of drug-likeness (QED) is 0.804. The van der Waals surface area contributed by atoms with Crippen molar-refractivity contribution in [3.63, 3.8) is 0 Å². The average Bonchev–Trinajstić information content (AvgIpc) is 2.32. The maximum atomic E-state index is 6.41. The van der Waals surface area contributed by atoms with E-state index in [1.54, 1.807) is 0 Å². The second-order valence-corrected chi connectivity index (χ2v) is 7.08. The molecule has 3 heteroatoms. The van der Waals surface area contributed by atoms with E-state index in [1.165, 1.54) is 25.7 Å². The molecule has 1 saturated carbocycles. The molecule has 0 radical (unpaired) electrons. The van der Waals surface area contributed by atoms with Crippen molar-refractivity contribution in [2.45, 2.75) is 71.1 Å². The fourth-order valence-electron chi connectivity index (χ4n) is 3.19. The van der Waals surface area contributed by atoms with E-state index in [-0.39, 0.29) is 5.60 Å². The van der Waals surface area contributed by atoms with Gasteiger partial charge in [-0.2, -0.15) is 0 Å². The zero-order valence-electron chi connectivity index (χ0n) is 13.1. The molecule has 0 aromatic heterocycles. The first-order valence-corrected chi connectivity index (χ1v) is 8.00. The highest BCUT2D eigenvalue weighted by molar-refractivity contribution is 4.92. The number of ether oxygens (including phenoxy) is 2. The molecular formula is C16H31NO2. The SMILES string of the molecule is CC(C)NCC1(OC2COC2)CCC(C(C)C)CC1. The summed E-state index contributed by atoms with van der Waals surface area (Å²) < 4.78 is 11.7. The van der Waals surface area contributed by atoms with Crippen molar-refractivity contribution < 1.29 is 9.47 Å². The van der Waals surface area contributed by atoms with Crippen LogP contribution in [0.15, 0.2) is 0 Å². The molecule has 0 aromatic rings. The predicted molar refractivity (Wildman–Crippen MR) is 78.4 cm³/mol. The number of rotatable bonds is 6. The molecule has 3 nitrogen and oxygen atoms in total. The van der Waals surface area contributed by atoms with Crippen molar-refractivity contribution in [1.82, 2.24) is 5.32 Å². The Hall–Kier alpha value is -0.120. The van der Waals surface area contributed by atoms with E-state index in [1.807, 2.05) is 0 Å². The first-order chi connectivity index (χ1) is 9.01. The fourth-order valence-corrected chi connectivity index (χ4v) is 3.19. The van der Waals surface area contributed by atoms with Crippen LogP contribution >= 0.6 is 0 Å². The summed E-state index contributed by atoms with van der Waals surface area (Å²) in [6.45, 7) is 11.7. The van der Waals surface area contributed by atoms with Crippen LogP contribution in [0.1, 0.15) is 53.4 Å². The molecule has 1 aliphatic carbocycles. The van der Waals surface area contributed by atoms with Crippen LogP contribution in [0.4, 0.5) is 0 Å². The van der Waals surface area contributed by atoms with Gasteiger partial charge in [-0.3, -0.25) is 0 Å². The van der Waals surface area contributed by atoms with Crippen LogP contribution in [0, 0.1) is 11.8 Å². The third-order valence-electron chi connectivity index (χ3n) is 4.74. The molecule has 112 valence electrons. The summed E-state index contributed by atoms with van der Waals surface area (Å²) in [4.78, 5) is 0. The van der Waals surface area contributed by atoms with Crippen LogP contribution in [0.3, 0.4) is 0 Å². The molecule has 1 N–H and O–H groups in total. The number of nitrogens with one attached hydrogen (secondary N) is 1. The molecule has 1 aliphatic heterocycles. The standard InChI is InChI=1S/C16H31NO2/c1-12(2)14-5-7-16(8-6-14,11-17-13(3)4)19-15-9-18-10-15/h12-15,17H,5-11H2,1-4H3. The van der Waals surface area contributed by atoms with Gasteiger partial charge in [0.15, 0.2) is 0 Å². The van der Waals surface area contributed by atoms with E-state index in [9.17, 15) is 0 Å². The van der Waals surface area contributed by atoms with Gasteiger partial charge in [-0.1, -0.05) is 27.7 Å². The molecule has 0 unspecified atom stereocenters. The molecule has 1 saturated heterocycles. The smallest absolute Gasteiger partial charge is 0.105 e. The Labute approximate surface area is 118 Å². The summed E-state index contributed by atoms with van der Waals surface area (Å²) in [5, 5.41) is 3.59. The van der Waals surface area contributed by atoms with Crippen LogP contribution in [0.2, 0.25) is 0 Å². The van der Waals surface area contributed by atoms with E-state index in [4.69, 9.17) is 9.47 Å². The summed E-state index contributed by atoms with van der Waals surface area (Å²) in [7, 11) is 0. The van der Waals surface area contributed by atoms with E-state index in [0.717, 1.165) is 31.6 Å². The lowest BCUT2D eigenvalue weighted by Gasteiger charge is -2.45. The van der Waals surface area contributed by atoms with Crippen molar-refractivity contribution in [1.29, 1.82) is 0 Å². The molecule has 2 fully saturated rings. The summed E-state index contributed by atoms with van der Waals surface area (Å²) in [6, 6.07) is 0.529. The molecule has 0 aromatic carbocycles. The zero-order chi connectivity index (χ0) is 13.9. The van der Waals surface area contributed by atoms with Gasteiger partial charge in [0.1, 0.15) is 6.10 Å². The minimum Gasteiger partial charge on any atom is -0.376 e. The summed E-state index contributed by atoms with van der Waals surface area (Å²) in [5.74, 6) is 1.69. The second kappa shape index (κ2) is 6.55. The number of hydrogen-bond acceptors (Lipinski definition) is 3. The number of hydrogen-bond donors (Lipinski definition) is 1. The average molecular weight is 269 g/mol. The maximum absolute atomic E-state index is 6.41. The van der Waals surface area contributed by atoms with Crippen LogP contribution in [-0.4, -0.2) is 37.5 Å². The fraction of sp³-hybridized carbons (Fsp3) is 1.00. The molecule has 1 heterocycles. The van der Waals surface area contributed by atoms with Crippen LogP contribution in [0.25, 0.3) is 0 Å². The molecule has 19 heavy (non-hydrogen) atoms. The predicted octanol–water partition coefficient (Wildman–Crippen LogP) is 2.98. The van der Waals surface area contributed by atoms with Crippen LogP contribution in [0.5, 0.6) is 0 Å². The van der Waals surface area contributed by atoms with Gasteiger partial charge in [0, 0.05) is 12.6 Å². The lowest BCUT2D eigenvalue weighted by molar-refractivity contribution is -0.203. The molecule has 0 atom stereocenters. The van der Waals surface area contributed by atoms with Gasteiger partial charge >= 0.3 is 0 Å². The van der Waals surface area contributed by atoms with E-state index in [2.05, 4.69) is 33.0 Å². The Morgan fingerprint density at radius 2 is 1.79 bits per heavy atom. The van der Waals surface area contributed by atoms with Gasteiger partial charge in [-0.05, 0) is 37.5 Å². The zero-order valence-corrected chi connectivity index (χ0v) is 13.1. The Morgan fingerprint density at radius 1 is 1.16 bits per heavy atom. The van der Waals surface area contributed by atoms with Gasteiger partial charge < -0.3 is 14.8 Å². The van der Waals surface area contributed by atoms with E-state index < -0.39 is 0 Å². The summed E-state index contributed by atoms with van der Waals surface area (Å²) in [6.07, 6.45) is 5.36. The van der Waals surface area contributed by atoms with Crippen molar-refractivity contribution in [3.8, 4) is 0 Å². The van der Waals surface area contributed by atoms with E-state index in [0.29, 0.717) is 12.1 Å². The topological polar surface area (TPSA) is 30.5 Å². The third-order valence-corrected chi connectivity index (χ3v) is 4.74. The second-order valence-electron chi connectivity index (χ2n) is 7.08. The molecule has 2 aliphatic rings. The Balaban J connectivity index is 1.90. The normalized spacial score (nSPS) is 32.8. The van der Waals surface area contributed by atoms with Crippen molar-refractivity contribution in [3.05, 3.63) is 0 Å². The van der Waals surface area contributed by atoms with Gasteiger partial charge in [0.25, 0.3) is 0 Å². The molecule has 0 amide bonds. The van der Waals surface area contributed by atoms with Gasteiger partial charge in [0.2, 0.25) is 0 Å². The maximum Gasteiger partial charge on any atom is 0.105 e. The molecular weight excluding hydrogens is 238 g/mol. The highest BCUT2D eigenvalue weighted by Gasteiger charge is 2.40. The lowest BCUT2D eigenvalue weighted by Crippen LogP contribution is -2.53. The Morgan fingerprint density at radius 3 is 2.21 bits per heavy atom. The lowest BCUT2D eigenvalue weighted by atomic mass is 9.74.